The van der Waals surface area contributed by atoms with E-state index in [1.54, 1.807) is 25.1 Å². The lowest BCUT2D eigenvalue weighted by Crippen LogP contribution is -2.52. The zero-order valence-corrected chi connectivity index (χ0v) is 23.9. The van der Waals surface area contributed by atoms with Crippen molar-refractivity contribution >= 4 is 33.2 Å². The first-order valence-electron chi connectivity index (χ1n) is 13.5. The number of anilines is 1. The van der Waals surface area contributed by atoms with E-state index in [2.05, 4.69) is 5.32 Å². The van der Waals surface area contributed by atoms with Gasteiger partial charge in [-0.3, -0.25) is 24.0 Å². The van der Waals surface area contributed by atoms with E-state index in [0.29, 0.717) is 0 Å². The van der Waals surface area contributed by atoms with Crippen molar-refractivity contribution in [2.24, 2.45) is 0 Å². The summed E-state index contributed by atoms with van der Waals surface area (Å²) in [6.45, 7) is 3.05. The molecule has 4 rings (SSSR count). The van der Waals surface area contributed by atoms with Gasteiger partial charge in [-0.25, -0.2) is 8.42 Å². The van der Waals surface area contributed by atoms with Crippen LogP contribution in [-0.2, 0) is 26.2 Å². The molecule has 10 nitrogen and oxygen atoms in total. The van der Waals surface area contributed by atoms with Crippen LogP contribution in [0.15, 0.2) is 83.8 Å². The zero-order valence-electron chi connectivity index (χ0n) is 23.1. The zero-order chi connectivity index (χ0) is 29.6. The summed E-state index contributed by atoms with van der Waals surface area (Å²) in [6, 6.07) is 19.4. The number of nitrogens with zero attached hydrogens (tertiary/aromatic N) is 3. The molecule has 0 aliphatic heterocycles. The molecule has 0 heterocycles. The van der Waals surface area contributed by atoms with Crippen molar-refractivity contribution in [1.29, 1.82) is 0 Å². The van der Waals surface area contributed by atoms with Gasteiger partial charge in [-0.1, -0.05) is 60.9 Å². The van der Waals surface area contributed by atoms with Crippen LogP contribution in [0.1, 0.15) is 43.7 Å². The predicted molar refractivity (Wildman–Crippen MR) is 156 cm³/mol. The molecule has 1 fully saturated rings. The number of non-ortho nitro benzene ring substituents is 1. The molecule has 1 N–H and O–H groups in total. The van der Waals surface area contributed by atoms with Gasteiger partial charge in [0.15, 0.2) is 0 Å². The highest BCUT2D eigenvalue weighted by molar-refractivity contribution is 7.92. The minimum Gasteiger partial charge on any atom is -0.352 e. The van der Waals surface area contributed by atoms with Crippen LogP contribution in [0.25, 0.3) is 0 Å². The SMILES string of the molecule is Cc1cccc(CN(C(=O)CN(c2ccc([N+](=O)[O-])cc2)S(=O)(=O)c2ccccc2)[C@@H](C)C(=O)NC2CCCC2)c1. The Morgan fingerprint density at radius 3 is 2.27 bits per heavy atom. The number of sulfonamides is 1. The van der Waals surface area contributed by atoms with Gasteiger partial charge in [0.1, 0.15) is 12.6 Å². The molecule has 3 aromatic rings. The number of carbonyl (C=O) groups excluding carboxylic acids is 2. The number of rotatable bonds is 11. The largest absolute Gasteiger partial charge is 0.352 e. The molecule has 3 aromatic carbocycles. The lowest BCUT2D eigenvalue weighted by Gasteiger charge is -2.32. The summed E-state index contributed by atoms with van der Waals surface area (Å²) in [5, 5.41) is 14.2. The highest BCUT2D eigenvalue weighted by Gasteiger charge is 2.33. The van der Waals surface area contributed by atoms with Gasteiger partial charge in [-0.15, -0.1) is 0 Å². The summed E-state index contributed by atoms with van der Waals surface area (Å²) < 4.78 is 28.5. The minimum atomic E-state index is -4.24. The van der Waals surface area contributed by atoms with Crippen molar-refractivity contribution < 1.29 is 22.9 Å². The number of nitrogens with one attached hydrogen (secondary N) is 1. The van der Waals surface area contributed by atoms with Gasteiger partial charge in [0.25, 0.3) is 15.7 Å². The average molecular weight is 579 g/mol. The average Bonchev–Trinajstić information content (AvgIpc) is 3.47. The lowest BCUT2D eigenvalue weighted by molar-refractivity contribution is -0.384. The van der Waals surface area contributed by atoms with Crippen molar-refractivity contribution in [2.75, 3.05) is 10.8 Å². The van der Waals surface area contributed by atoms with E-state index >= 15 is 0 Å². The molecule has 41 heavy (non-hydrogen) atoms. The maximum absolute atomic E-state index is 14.0. The fraction of sp³-hybridized carbons (Fsp3) is 0.333. The second-order valence-corrected chi connectivity index (χ2v) is 12.1. The van der Waals surface area contributed by atoms with Crippen LogP contribution in [0, 0.1) is 17.0 Å². The Bertz CT molecular complexity index is 1490. The van der Waals surface area contributed by atoms with Crippen molar-refractivity contribution in [3.05, 3.63) is 100 Å². The van der Waals surface area contributed by atoms with Gasteiger partial charge in [0.05, 0.1) is 15.5 Å². The molecule has 2 amide bonds. The number of hydrogen-bond donors (Lipinski definition) is 1. The van der Waals surface area contributed by atoms with E-state index in [4.69, 9.17) is 0 Å². The number of nitro groups is 1. The van der Waals surface area contributed by atoms with Crippen LogP contribution < -0.4 is 9.62 Å². The molecule has 1 aliphatic rings. The van der Waals surface area contributed by atoms with E-state index in [0.717, 1.165) is 41.1 Å². The first-order valence-corrected chi connectivity index (χ1v) is 15.0. The summed E-state index contributed by atoms with van der Waals surface area (Å²) in [7, 11) is -4.24. The van der Waals surface area contributed by atoms with Crippen molar-refractivity contribution in [3.63, 3.8) is 0 Å². The van der Waals surface area contributed by atoms with Crippen LogP contribution in [-0.4, -0.2) is 48.7 Å². The Labute approximate surface area is 240 Å². The molecule has 0 bridgehead atoms. The van der Waals surface area contributed by atoms with Crippen molar-refractivity contribution in [2.45, 2.75) is 63.1 Å². The van der Waals surface area contributed by atoms with Gasteiger partial charge < -0.3 is 10.2 Å². The molecule has 0 spiro atoms. The normalized spacial score (nSPS) is 14.3. The molecule has 216 valence electrons. The molecule has 0 unspecified atom stereocenters. The summed E-state index contributed by atoms with van der Waals surface area (Å²) in [5.41, 5.74) is 1.66. The second kappa shape index (κ2) is 12.9. The van der Waals surface area contributed by atoms with Gasteiger partial charge >= 0.3 is 0 Å². The van der Waals surface area contributed by atoms with Crippen LogP contribution in [0.2, 0.25) is 0 Å². The predicted octanol–water partition coefficient (Wildman–Crippen LogP) is 4.57. The highest BCUT2D eigenvalue weighted by atomic mass is 32.2. The third kappa shape index (κ3) is 7.29. The fourth-order valence-electron chi connectivity index (χ4n) is 4.97. The number of hydrogen-bond acceptors (Lipinski definition) is 6. The molecule has 1 saturated carbocycles. The first-order chi connectivity index (χ1) is 19.6. The van der Waals surface area contributed by atoms with Crippen LogP contribution in [0.3, 0.4) is 0 Å². The lowest BCUT2D eigenvalue weighted by atomic mass is 10.1. The quantitative estimate of drug-likeness (QED) is 0.262. The van der Waals surface area contributed by atoms with Crippen molar-refractivity contribution in [1.82, 2.24) is 10.2 Å². The second-order valence-electron chi connectivity index (χ2n) is 10.3. The van der Waals surface area contributed by atoms with Gasteiger partial charge in [-0.05, 0) is 56.5 Å². The maximum Gasteiger partial charge on any atom is 0.269 e. The maximum atomic E-state index is 14.0. The summed E-state index contributed by atoms with van der Waals surface area (Å²) >= 11 is 0. The van der Waals surface area contributed by atoms with E-state index in [1.807, 2.05) is 31.2 Å². The summed E-state index contributed by atoms with van der Waals surface area (Å²) in [4.78, 5) is 39.2. The Morgan fingerprint density at radius 1 is 1.00 bits per heavy atom. The molecule has 1 atom stereocenters. The van der Waals surface area contributed by atoms with Crippen LogP contribution in [0.5, 0.6) is 0 Å². The standard InChI is InChI=1S/C30H34N4O6S/c1-22-9-8-10-24(19-22)20-32(23(2)30(36)31-25-11-6-7-12-25)29(35)21-33(26-15-17-27(18-16-26)34(37)38)41(39,40)28-13-4-3-5-14-28/h3-5,8-10,13-19,23,25H,6-7,11-12,20-21H2,1-2H3,(H,31,36)/t23-/m0/s1. The van der Waals surface area contributed by atoms with Gasteiger partial charge in [0, 0.05) is 24.7 Å². The van der Waals surface area contributed by atoms with Crippen molar-refractivity contribution in [3.8, 4) is 0 Å². The minimum absolute atomic E-state index is 0.0385. The summed E-state index contributed by atoms with van der Waals surface area (Å²) in [5.74, 6) is -0.885. The molecule has 1 aliphatic carbocycles. The topological polar surface area (TPSA) is 130 Å². The van der Waals surface area contributed by atoms with Gasteiger partial charge in [-0.2, -0.15) is 0 Å². The number of amides is 2. The third-order valence-corrected chi connectivity index (χ3v) is 9.05. The molecule has 0 radical (unpaired) electrons. The summed E-state index contributed by atoms with van der Waals surface area (Å²) in [6.07, 6.45) is 3.83. The van der Waals surface area contributed by atoms with Gasteiger partial charge in [0.2, 0.25) is 11.8 Å². The molecule has 0 aromatic heterocycles. The van der Waals surface area contributed by atoms with Crippen LogP contribution >= 0.6 is 0 Å². The number of carbonyl (C=O) groups is 2. The Hall–Kier alpha value is -4.25. The third-order valence-electron chi connectivity index (χ3n) is 7.26. The molecular formula is C30H34N4O6S. The number of benzene rings is 3. The molecular weight excluding hydrogens is 544 g/mol. The van der Waals surface area contributed by atoms with E-state index in [9.17, 15) is 28.1 Å². The Kier molecular flexibility index (Phi) is 9.38. The Morgan fingerprint density at radius 2 is 1.66 bits per heavy atom. The van der Waals surface area contributed by atoms with E-state index < -0.39 is 33.4 Å². The molecule has 11 heteroatoms. The number of aryl methyl sites for hydroxylation is 1. The highest BCUT2D eigenvalue weighted by Crippen LogP contribution is 2.27. The molecule has 0 saturated heterocycles. The van der Waals surface area contributed by atoms with E-state index in [1.165, 1.54) is 41.3 Å². The number of nitro benzene ring substituents is 1. The smallest absolute Gasteiger partial charge is 0.269 e. The van der Waals surface area contributed by atoms with E-state index in [-0.39, 0.29) is 34.8 Å². The fourth-order valence-corrected chi connectivity index (χ4v) is 6.41. The Balaban J connectivity index is 1.69. The van der Waals surface area contributed by atoms with Crippen LogP contribution in [0.4, 0.5) is 11.4 Å². The monoisotopic (exact) mass is 578 g/mol. The first kappa shape index (κ1) is 29.7.